The van der Waals surface area contributed by atoms with E-state index in [1.54, 1.807) is 24.3 Å². The van der Waals surface area contributed by atoms with E-state index in [2.05, 4.69) is 10.6 Å². The predicted molar refractivity (Wildman–Crippen MR) is 68.1 cm³/mol. The molecular weight excluding hydrogens is 260 g/mol. The molecule has 88 valence electrons. The number of benzene rings is 1. The highest BCUT2D eigenvalue weighted by Crippen LogP contribution is 2.12. The lowest BCUT2D eigenvalue weighted by Gasteiger charge is -2.06. The maximum absolute atomic E-state index is 11.9. The molecule has 4 nitrogen and oxygen atoms in total. The van der Waals surface area contributed by atoms with Crippen molar-refractivity contribution in [3.63, 3.8) is 0 Å². The monoisotopic (exact) mass is 268 g/mol. The van der Waals surface area contributed by atoms with Crippen LogP contribution in [0.15, 0.2) is 24.3 Å². The Labute approximate surface area is 108 Å². The Morgan fingerprint density at radius 1 is 1.35 bits per heavy atom. The van der Waals surface area contributed by atoms with Crippen LogP contribution in [0.5, 0.6) is 0 Å². The molecule has 0 saturated carbocycles. The number of halogens is 1. The van der Waals surface area contributed by atoms with E-state index in [9.17, 15) is 9.59 Å². The van der Waals surface area contributed by atoms with E-state index >= 15 is 0 Å². The Hall–Kier alpha value is -1.46. The van der Waals surface area contributed by atoms with Gasteiger partial charge in [-0.1, -0.05) is 11.6 Å². The number of hydrogen-bond acceptors (Lipinski definition) is 3. The summed E-state index contributed by atoms with van der Waals surface area (Å²) in [5.41, 5.74) is 0.529. The van der Waals surface area contributed by atoms with Crippen molar-refractivity contribution in [1.29, 1.82) is 0 Å². The van der Waals surface area contributed by atoms with E-state index in [1.165, 1.54) is 0 Å². The average molecular weight is 269 g/mol. The third kappa shape index (κ3) is 2.81. The second-order valence-corrected chi connectivity index (χ2v) is 4.49. The number of hydrogen-bond donors (Lipinski definition) is 2. The van der Waals surface area contributed by atoms with Crippen LogP contribution in [0.2, 0.25) is 5.02 Å². The highest BCUT2D eigenvalue weighted by atomic mass is 35.5. The molecule has 2 rings (SSSR count). The highest BCUT2D eigenvalue weighted by molar-refractivity contribution is 7.80. The third-order valence-corrected chi connectivity index (χ3v) is 2.89. The minimum absolute atomic E-state index is 0.0770. The number of rotatable bonds is 3. The molecule has 1 aromatic carbocycles. The van der Waals surface area contributed by atoms with Gasteiger partial charge in [0.1, 0.15) is 6.04 Å². The summed E-state index contributed by atoms with van der Waals surface area (Å²) in [4.78, 5) is 23.2. The van der Waals surface area contributed by atoms with Crippen molar-refractivity contribution in [2.75, 3.05) is 0 Å². The van der Waals surface area contributed by atoms with Crippen LogP contribution in [0.1, 0.15) is 16.8 Å². The Kier molecular flexibility index (Phi) is 3.40. The van der Waals surface area contributed by atoms with Crippen LogP contribution in [0.25, 0.3) is 0 Å². The molecule has 2 N–H and O–H groups in total. The van der Waals surface area contributed by atoms with Gasteiger partial charge in [0.15, 0.2) is 10.9 Å². The van der Waals surface area contributed by atoms with E-state index in [-0.39, 0.29) is 23.2 Å². The minimum atomic E-state index is -0.578. The second-order valence-electron chi connectivity index (χ2n) is 3.65. The van der Waals surface area contributed by atoms with Gasteiger partial charge in [-0.2, -0.15) is 0 Å². The molecule has 1 atom stereocenters. The fourth-order valence-electron chi connectivity index (χ4n) is 1.54. The van der Waals surface area contributed by atoms with Gasteiger partial charge < -0.3 is 10.6 Å². The summed E-state index contributed by atoms with van der Waals surface area (Å²) in [6.45, 7) is 0. The zero-order chi connectivity index (χ0) is 12.4. The predicted octanol–water partition coefficient (Wildman–Crippen LogP) is 1.29. The molecule has 6 heteroatoms. The van der Waals surface area contributed by atoms with Crippen molar-refractivity contribution < 1.29 is 9.59 Å². The number of ketones is 1. The lowest BCUT2D eigenvalue weighted by molar-refractivity contribution is -0.120. The Morgan fingerprint density at radius 2 is 2.00 bits per heavy atom. The van der Waals surface area contributed by atoms with Crippen LogP contribution >= 0.6 is 23.8 Å². The second kappa shape index (κ2) is 4.81. The van der Waals surface area contributed by atoms with Gasteiger partial charge in [-0.05, 0) is 36.5 Å². The maximum Gasteiger partial charge on any atom is 0.249 e. The van der Waals surface area contributed by atoms with Crippen LogP contribution in [-0.2, 0) is 4.79 Å². The van der Waals surface area contributed by atoms with Crippen LogP contribution in [0.3, 0.4) is 0 Å². The molecule has 0 aromatic heterocycles. The van der Waals surface area contributed by atoms with Crippen LogP contribution in [0.4, 0.5) is 0 Å². The van der Waals surface area contributed by atoms with Gasteiger partial charge in [-0.25, -0.2) is 0 Å². The molecule has 1 heterocycles. The molecule has 17 heavy (non-hydrogen) atoms. The van der Waals surface area contributed by atoms with Crippen molar-refractivity contribution >= 4 is 40.6 Å². The van der Waals surface area contributed by atoms with Crippen LogP contribution in [-0.4, -0.2) is 22.8 Å². The van der Waals surface area contributed by atoms with Crippen LogP contribution in [0, 0.1) is 0 Å². The number of amides is 1. The zero-order valence-corrected chi connectivity index (χ0v) is 10.3. The highest BCUT2D eigenvalue weighted by Gasteiger charge is 2.29. The topological polar surface area (TPSA) is 58.2 Å². The SMILES string of the molecule is O=C(C[C@@H]1NC(=S)NC1=O)c1ccc(Cl)cc1. The van der Waals surface area contributed by atoms with Gasteiger partial charge in [0.2, 0.25) is 5.91 Å². The molecule has 1 fully saturated rings. The fraction of sp³-hybridized carbons (Fsp3) is 0.182. The first-order valence-electron chi connectivity index (χ1n) is 4.96. The largest absolute Gasteiger partial charge is 0.350 e. The standard InChI is InChI=1S/C11H9ClN2O2S/c12-7-3-1-6(2-4-7)9(15)5-8-10(16)14-11(17)13-8/h1-4,8H,5H2,(H2,13,14,16,17)/t8-/m0/s1. The summed E-state index contributed by atoms with van der Waals surface area (Å²) in [5.74, 6) is -0.392. The Balaban J connectivity index is 2.04. The third-order valence-electron chi connectivity index (χ3n) is 2.41. The summed E-state index contributed by atoms with van der Waals surface area (Å²) in [6, 6.07) is 5.97. The Bertz CT molecular complexity index is 487. The van der Waals surface area contributed by atoms with Gasteiger partial charge in [0.25, 0.3) is 0 Å². The minimum Gasteiger partial charge on any atom is -0.350 e. The summed E-state index contributed by atoms with van der Waals surface area (Å²) in [5, 5.41) is 6.02. The molecule has 1 amide bonds. The molecule has 1 aliphatic heterocycles. The number of carbonyl (C=O) groups excluding carboxylic acids is 2. The van der Waals surface area contributed by atoms with Gasteiger partial charge >= 0.3 is 0 Å². The average Bonchev–Trinajstić information content (AvgIpc) is 2.58. The van der Waals surface area contributed by atoms with Crippen molar-refractivity contribution in [3.05, 3.63) is 34.9 Å². The number of thiocarbonyl (C=S) groups is 1. The molecule has 0 unspecified atom stereocenters. The first-order valence-corrected chi connectivity index (χ1v) is 5.75. The van der Waals surface area contributed by atoms with E-state index < -0.39 is 6.04 Å². The van der Waals surface area contributed by atoms with E-state index in [0.29, 0.717) is 10.6 Å². The normalized spacial score (nSPS) is 18.8. The van der Waals surface area contributed by atoms with Crippen molar-refractivity contribution in [1.82, 2.24) is 10.6 Å². The molecular formula is C11H9ClN2O2S. The molecule has 1 saturated heterocycles. The first-order chi connectivity index (χ1) is 8.06. The van der Waals surface area contributed by atoms with Gasteiger partial charge in [-0.3, -0.25) is 9.59 Å². The van der Waals surface area contributed by atoms with Crippen molar-refractivity contribution in [2.45, 2.75) is 12.5 Å². The molecule has 0 aliphatic carbocycles. The molecule has 1 aliphatic rings. The Morgan fingerprint density at radius 3 is 2.53 bits per heavy atom. The fourth-order valence-corrected chi connectivity index (χ4v) is 1.91. The lowest BCUT2D eigenvalue weighted by Crippen LogP contribution is -2.31. The zero-order valence-electron chi connectivity index (χ0n) is 8.70. The first kappa shape index (κ1) is 12.0. The summed E-state index contributed by atoms with van der Waals surface area (Å²) < 4.78 is 0. The summed E-state index contributed by atoms with van der Waals surface area (Å²) >= 11 is 10.5. The van der Waals surface area contributed by atoms with Crippen molar-refractivity contribution in [2.24, 2.45) is 0 Å². The summed E-state index contributed by atoms with van der Waals surface area (Å²) in [6.07, 6.45) is 0.0770. The number of nitrogens with one attached hydrogen (secondary N) is 2. The van der Waals surface area contributed by atoms with E-state index in [1.807, 2.05) is 0 Å². The number of carbonyl (C=O) groups is 2. The van der Waals surface area contributed by atoms with Crippen LogP contribution < -0.4 is 10.6 Å². The summed E-state index contributed by atoms with van der Waals surface area (Å²) in [7, 11) is 0. The van der Waals surface area contributed by atoms with Gasteiger partial charge in [-0.15, -0.1) is 0 Å². The van der Waals surface area contributed by atoms with Gasteiger partial charge in [0.05, 0.1) is 0 Å². The van der Waals surface area contributed by atoms with Crippen molar-refractivity contribution in [3.8, 4) is 0 Å². The quantitative estimate of drug-likeness (QED) is 0.641. The molecule has 0 spiro atoms. The lowest BCUT2D eigenvalue weighted by atomic mass is 10.0. The smallest absolute Gasteiger partial charge is 0.249 e. The van der Waals surface area contributed by atoms with E-state index in [0.717, 1.165) is 0 Å². The van der Waals surface area contributed by atoms with Gasteiger partial charge in [0, 0.05) is 17.0 Å². The molecule has 0 bridgehead atoms. The van der Waals surface area contributed by atoms with E-state index in [4.69, 9.17) is 23.8 Å². The maximum atomic E-state index is 11.9. The molecule has 0 radical (unpaired) electrons. The molecule has 1 aromatic rings. The number of Topliss-reactive ketones (excluding diaryl/α,β-unsaturated/α-hetero) is 1.